The van der Waals surface area contributed by atoms with Crippen LogP contribution in [0.25, 0.3) is 11.4 Å². The van der Waals surface area contributed by atoms with E-state index in [-0.39, 0.29) is 17.4 Å². The van der Waals surface area contributed by atoms with Crippen molar-refractivity contribution in [2.24, 2.45) is 0 Å². The van der Waals surface area contributed by atoms with Crippen molar-refractivity contribution in [1.82, 2.24) is 20.4 Å². The van der Waals surface area contributed by atoms with Crippen LogP contribution >= 0.6 is 0 Å². The van der Waals surface area contributed by atoms with E-state index < -0.39 is 24.2 Å². The second-order valence-electron chi connectivity index (χ2n) is 6.09. The van der Waals surface area contributed by atoms with Gasteiger partial charge in [0.2, 0.25) is 11.7 Å². The highest BCUT2D eigenvalue weighted by molar-refractivity contribution is 5.68. The highest BCUT2D eigenvalue weighted by atomic mass is 19.3. The highest BCUT2D eigenvalue weighted by Crippen LogP contribution is 2.23. The standard InChI is InChI=1S/C15H18F2N4O3/c1-8(19-14(22)23-15(2,3)4)13-20-12(21-24-13)9-5-6-18-10(7-9)11(16)17/h5-8,11H,1-4H3,(H,19,22)/t8-/m0/s1. The first kappa shape index (κ1) is 17.8. The molecule has 0 aromatic carbocycles. The molecule has 2 aromatic rings. The van der Waals surface area contributed by atoms with Crippen molar-refractivity contribution in [2.75, 3.05) is 0 Å². The van der Waals surface area contributed by atoms with Crippen molar-refractivity contribution in [3.05, 3.63) is 29.9 Å². The molecular formula is C15H18F2N4O3. The molecule has 1 atom stereocenters. The maximum atomic E-state index is 12.7. The van der Waals surface area contributed by atoms with Crippen LogP contribution in [0, 0.1) is 0 Å². The first-order valence-corrected chi connectivity index (χ1v) is 7.23. The predicted molar refractivity (Wildman–Crippen MR) is 80.3 cm³/mol. The molecule has 0 spiro atoms. The number of alkyl halides is 2. The molecule has 2 rings (SSSR count). The molecule has 2 aromatic heterocycles. The van der Waals surface area contributed by atoms with E-state index in [4.69, 9.17) is 9.26 Å². The highest BCUT2D eigenvalue weighted by Gasteiger charge is 2.22. The third kappa shape index (κ3) is 4.71. The molecule has 0 fully saturated rings. The van der Waals surface area contributed by atoms with Gasteiger partial charge >= 0.3 is 6.09 Å². The van der Waals surface area contributed by atoms with Gasteiger partial charge in [-0.25, -0.2) is 13.6 Å². The van der Waals surface area contributed by atoms with E-state index in [0.29, 0.717) is 5.56 Å². The van der Waals surface area contributed by atoms with Gasteiger partial charge in [-0.2, -0.15) is 4.98 Å². The van der Waals surface area contributed by atoms with E-state index >= 15 is 0 Å². The number of hydrogen-bond acceptors (Lipinski definition) is 6. The lowest BCUT2D eigenvalue weighted by molar-refractivity contribution is 0.0499. The van der Waals surface area contributed by atoms with E-state index in [9.17, 15) is 13.6 Å². The molecule has 0 saturated heterocycles. The number of aromatic nitrogens is 3. The van der Waals surface area contributed by atoms with Crippen LogP contribution in [0.15, 0.2) is 22.9 Å². The molecule has 0 unspecified atom stereocenters. The number of hydrogen-bond donors (Lipinski definition) is 1. The van der Waals surface area contributed by atoms with Crippen LogP contribution in [0.5, 0.6) is 0 Å². The number of rotatable bonds is 4. The van der Waals surface area contributed by atoms with Crippen LogP contribution in [-0.2, 0) is 4.74 Å². The first-order valence-electron chi connectivity index (χ1n) is 7.23. The van der Waals surface area contributed by atoms with Gasteiger partial charge in [0.25, 0.3) is 6.43 Å². The van der Waals surface area contributed by atoms with Crippen LogP contribution in [-0.4, -0.2) is 26.8 Å². The minimum absolute atomic E-state index is 0.131. The average Bonchev–Trinajstić information content (AvgIpc) is 2.95. The molecule has 0 radical (unpaired) electrons. The van der Waals surface area contributed by atoms with E-state index in [1.54, 1.807) is 27.7 Å². The molecule has 0 saturated carbocycles. The van der Waals surface area contributed by atoms with Gasteiger partial charge in [-0.3, -0.25) is 4.98 Å². The zero-order chi connectivity index (χ0) is 17.9. The summed E-state index contributed by atoms with van der Waals surface area (Å²) in [5, 5.41) is 6.30. The maximum absolute atomic E-state index is 12.7. The molecule has 2 heterocycles. The fourth-order valence-corrected chi connectivity index (χ4v) is 1.78. The topological polar surface area (TPSA) is 90.1 Å². The summed E-state index contributed by atoms with van der Waals surface area (Å²) in [5.74, 6) is 0.262. The van der Waals surface area contributed by atoms with Gasteiger partial charge in [0.15, 0.2) is 0 Å². The summed E-state index contributed by atoms with van der Waals surface area (Å²) >= 11 is 0. The lowest BCUT2D eigenvalue weighted by Gasteiger charge is -2.20. The fraction of sp³-hybridized carbons (Fsp3) is 0.467. The summed E-state index contributed by atoms with van der Waals surface area (Å²) in [7, 11) is 0. The summed E-state index contributed by atoms with van der Waals surface area (Å²) in [6, 6.07) is 2.08. The zero-order valence-electron chi connectivity index (χ0n) is 13.7. The zero-order valence-corrected chi connectivity index (χ0v) is 13.7. The summed E-state index contributed by atoms with van der Waals surface area (Å²) in [6.45, 7) is 6.86. The van der Waals surface area contributed by atoms with Crippen LogP contribution in [0.3, 0.4) is 0 Å². The molecular weight excluding hydrogens is 322 g/mol. The normalized spacial score (nSPS) is 13.0. The lowest BCUT2D eigenvalue weighted by Crippen LogP contribution is -2.34. The molecule has 7 nitrogen and oxygen atoms in total. The van der Waals surface area contributed by atoms with Gasteiger partial charge in [0, 0.05) is 11.8 Å². The Morgan fingerprint density at radius 3 is 2.71 bits per heavy atom. The number of halogens is 2. The number of alkyl carbamates (subject to hydrolysis) is 1. The second-order valence-corrected chi connectivity index (χ2v) is 6.09. The molecule has 0 aliphatic heterocycles. The van der Waals surface area contributed by atoms with Gasteiger partial charge in [0.05, 0.1) is 0 Å². The third-order valence-electron chi connectivity index (χ3n) is 2.81. The molecule has 9 heteroatoms. The van der Waals surface area contributed by atoms with Crippen LogP contribution in [0.1, 0.15) is 51.7 Å². The van der Waals surface area contributed by atoms with Crippen molar-refractivity contribution in [3.63, 3.8) is 0 Å². The lowest BCUT2D eigenvalue weighted by atomic mass is 10.2. The van der Waals surface area contributed by atoms with Gasteiger partial charge in [-0.15, -0.1) is 0 Å². The van der Waals surface area contributed by atoms with Crippen LogP contribution < -0.4 is 5.32 Å². The third-order valence-corrected chi connectivity index (χ3v) is 2.81. The van der Waals surface area contributed by atoms with E-state index in [1.807, 2.05) is 0 Å². The number of amides is 1. The number of carbonyl (C=O) groups is 1. The maximum Gasteiger partial charge on any atom is 0.408 e. The quantitative estimate of drug-likeness (QED) is 0.913. The average molecular weight is 340 g/mol. The monoisotopic (exact) mass is 340 g/mol. The van der Waals surface area contributed by atoms with E-state index in [0.717, 1.165) is 0 Å². The fourth-order valence-electron chi connectivity index (χ4n) is 1.78. The minimum Gasteiger partial charge on any atom is -0.444 e. The van der Waals surface area contributed by atoms with Crippen molar-refractivity contribution in [1.29, 1.82) is 0 Å². The van der Waals surface area contributed by atoms with Gasteiger partial charge in [0.1, 0.15) is 17.3 Å². The van der Waals surface area contributed by atoms with Gasteiger partial charge in [-0.1, -0.05) is 5.16 Å². The molecule has 1 amide bonds. The summed E-state index contributed by atoms with van der Waals surface area (Å²) in [4.78, 5) is 19.4. The SMILES string of the molecule is C[C@H](NC(=O)OC(C)(C)C)c1nc(-c2ccnc(C(F)F)c2)no1. The van der Waals surface area contributed by atoms with Crippen molar-refractivity contribution in [3.8, 4) is 11.4 Å². The second kappa shape index (κ2) is 6.90. The van der Waals surface area contributed by atoms with Crippen LogP contribution in [0.2, 0.25) is 0 Å². The number of nitrogens with one attached hydrogen (secondary N) is 1. The Kier molecular flexibility index (Phi) is 5.10. The Bertz CT molecular complexity index is 713. The predicted octanol–water partition coefficient (Wildman–Crippen LogP) is 3.65. The van der Waals surface area contributed by atoms with E-state index in [2.05, 4.69) is 20.4 Å². The molecule has 24 heavy (non-hydrogen) atoms. The molecule has 0 aliphatic carbocycles. The summed E-state index contributed by atoms with van der Waals surface area (Å²) in [6.07, 6.45) is -2.07. The molecule has 130 valence electrons. The van der Waals surface area contributed by atoms with Crippen molar-refractivity contribution >= 4 is 6.09 Å². The molecule has 0 aliphatic rings. The Hall–Kier alpha value is -2.58. The summed E-state index contributed by atoms with van der Waals surface area (Å²) < 4.78 is 35.6. The Balaban J connectivity index is 2.10. The smallest absolute Gasteiger partial charge is 0.408 e. The Morgan fingerprint density at radius 1 is 1.38 bits per heavy atom. The number of pyridine rings is 1. The number of carbonyl (C=O) groups excluding carboxylic acids is 1. The Labute approximate surface area is 137 Å². The number of ether oxygens (including phenoxy) is 1. The van der Waals surface area contributed by atoms with Crippen LogP contribution in [0.4, 0.5) is 13.6 Å². The first-order chi connectivity index (χ1) is 11.2. The molecule has 0 bridgehead atoms. The summed E-state index contributed by atoms with van der Waals surface area (Å²) in [5.41, 5.74) is -0.662. The van der Waals surface area contributed by atoms with Gasteiger partial charge in [-0.05, 0) is 39.8 Å². The number of nitrogens with zero attached hydrogens (tertiary/aromatic N) is 3. The largest absolute Gasteiger partial charge is 0.444 e. The van der Waals surface area contributed by atoms with Gasteiger partial charge < -0.3 is 14.6 Å². The molecule has 1 N–H and O–H groups in total. The van der Waals surface area contributed by atoms with Crippen molar-refractivity contribution in [2.45, 2.75) is 45.8 Å². The minimum atomic E-state index is -2.69. The van der Waals surface area contributed by atoms with Crippen molar-refractivity contribution < 1.29 is 22.8 Å². The Morgan fingerprint density at radius 2 is 2.08 bits per heavy atom. The van der Waals surface area contributed by atoms with E-state index in [1.165, 1.54) is 18.3 Å².